The zero-order valence-electron chi connectivity index (χ0n) is 10.6. The summed E-state index contributed by atoms with van der Waals surface area (Å²) in [4.78, 5) is 0. The number of aromatic nitrogens is 2. The molecule has 5 heteroatoms. The highest BCUT2D eigenvalue weighted by atomic mass is 16.5. The third-order valence-electron chi connectivity index (χ3n) is 2.72. The largest absolute Gasteiger partial charge is 0.494 e. The summed E-state index contributed by atoms with van der Waals surface area (Å²) in [5.41, 5.74) is 4.73. The van der Waals surface area contributed by atoms with Gasteiger partial charge in [0.2, 0.25) is 0 Å². The fourth-order valence-electron chi connectivity index (χ4n) is 1.86. The average molecular weight is 246 g/mol. The lowest BCUT2D eigenvalue weighted by molar-refractivity contribution is 0.340. The number of nitrogens with zero attached hydrogens (tertiary/aromatic N) is 2. The molecule has 0 saturated carbocycles. The second-order valence-corrected chi connectivity index (χ2v) is 4.02. The lowest BCUT2D eigenvalue weighted by Gasteiger charge is -2.14. The molecule has 0 amide bonds. The maximum absolute atomic E-state index is 5.61. The molecule has 0 radical (unpaired) electrons. The molecule has 5 nitrogen and oxygen atoms in total. The lowest BCUT2D eigenvalue weighted by Crippen LogP contribution is -2.29. The van der Waals surface area contributed by atoms with Crippen LogP contribution in [0.15, 0.2) is 36.5 Å². The fourth-order valence-corrected chi connectivity index (χ4v) is 1.86. The average Bonchev–Trinajstić information content (AvgIpc) is 2.79. The van der Waals surface area contributed by atoms with Crippen LogP contribution >= 0.6 is 0 Å². The van der Waals surface area contributed by atoms with Crippen LogP contribution in [0.5, 0.6) is 5.75 Å². The highest BCUT2D eigenvalue weighted by Gasteiger charge is 2.14. The van der Waals surface area contributed by atoms with E-state index in [0.717, 1.165) is 17.0 Å². The Bertz CT molecular complexity index is 492. The molecule has 0 aliphatic carbocycles. The lowest BCUT2D eigenvalue weighted by atomic mass is 10.0. The first-order chi connectivity index (χ1) is 8.74. The van der Waals surface area contributed by atoms with Crippen LogP contribution < -0.4 is 16.0 Å². The fraction of sp³-hybridized carbons (Fsp3) is 0.308. The van der Waals surface area contributed by atoms with Gasteiger partial charge in [0.15, 0.2) is 0 Å². The minimum atomic E-state index is -0.109. The summed E-state index contributed by atoms with van der Waals surface area (Å²) in [5.74, 6) is 6.47. The molecule has 0 aliphatic rings. The van der Waals surface area contributed by atoms with Crippen LogP contribution in [-0.2, 0) is 7.05 Å². The number of benzene rings is 1. The summed E-state index contributed by atoms with van der Waals surface area (Å²) in [7, 11) is 1.88. The smallest absolute Gasteiger partial charge is 0.119 e. The van der Waals surface area contributed by atoms with Crippen molar-refractivity contribution in [1.82, 2.24) is 15.2 Å². The van der Waals surface area contributed by atoms with Crippen LogP contribution in [0.3, 0.4) is 0 Å². The monoisotopic (exact) mass is 246 g/mol. The van der Waals surface area contributed by atoms with Gasteiger partial charge in [-0.15, -0.1) is 0 Å². The summed E-state index contributed by atoms with van der Waals surface area (Å²) in [6.45, 7) is 2.63. The van der Waals surface area contributed by atoms with Gasteiger partial charge in [0.05, 0.1) is 18.3 Å². The summed E-state index contributed by atoms with van der Waals surface area (Å²) >= 11 is 0. The van der Waals surface area contributed by atoms with Crippen LogP contribution in [0.1, 0.15) is 24.2 Å². The van der Waals surface area contributed by atoms with Crippen molar-refractivity contribution in [3.05, 3.63) is 47.8 Å². The maximum Gasteiger partial charge on any atom is 0.119 e. The molecule has 2 rings (SSSR count). The van der Waals surface area contributed by atoms with E-state index in [1.165, 1.54) is 0 Å². The third-order valence-corrected chi connectivity index (χ3v) is 2.72. The summed E-state index contributed by atoms with van der Waals surface area (Å²) < 4.78 is 7.17. The van der Waals surface area contributed by atoms with E-state index in [4.69, 9.17) is 10.6 Å². The predicted octanol–water partition coefficient (Wildman–Crippen LogP) is 1.37. The van der Waals surface area contributed by atoms with E-state index >= 15 is 0 Å². The molecule has 1 aromatic carbocycles. The molecule has 18 heavy (non-hydrogen) atoms. The molecule has 1 aromatic heterocycles. The molecule has 96 valence electrons. The Labute approximate surface area is 107 Å². The number of nitrogens with two attached hydrogens (primary N) is 1. The zero-order valence-corrected chi connectivity index (χ0v) is 10.6. The van der Waals surface area contributed by atoms with Gasteiger partial charge >= 0.3 is 0 Å². The van der Waals surface area contributed by atoms with E-state index < -0.39 is 0 Å². The second-order valence-electron chi connectivity index (χ2n) is 4.02. The van der Waals surface area contributed by atoms with Crippen LogP contribution in [0.4, 0.5) is 0 Å². The molecule has 0 spiro atoms. The van der Waals surface area contributed by atoms with E-state index in [1.54, 1.807) is 4.68 Å². The quantitative estimate of drug-likeness (QED) is 0.618. The first kappa shape index (κ1) is 12.6. The third kappa shape index (κ3) is 2.69. The Hall–Kier alpha value is -1.85. The normalized spacial score (nSPS) is 12.4. The van der Waals surface area contributed by atoms with Gasteiger partial charge in [0, 0.05) is 13.2 Å². The number of nitrogens with one attached hydrogen (secondary N) is 1. The molecular weight excluding hydrogens is 228 g/mol. The van der Waals surface area contributed by atoms with Crippen molar-refractivity contribution >= 4 is 0 Å². The molecule has 1 atom stereocenters. The molecule has 0 fully saturated rings. The minimum absolute atomic E-state index is 0.109. The van der Waals surface area contributed by atoms with Gasteiger partial charge in [0.25, 0.3) is 0 Å². The minimum Gasteiger partial charge on any atom is -0.494 e. The van der Waals surface area contributed by atoms with E-state index in [2.05, 4.69) is 10.5 Å². The van der Waals surface area contributed by atoms with Gasteiger partial charge in [0.1, 0.15) is 5.75 Å². The van der Waals surface area contributed by atoms with Crippen molar-refractivity contribution in [2.75, 3.05) is 6.61 Å². The molecule has 0 saturated heterocycles. The van der Waals surface area contributed by atoms with Crippen molar-refractivity contribution in [2.24, 2.45) is 12.9 Å². The van der Waals surface area contributed by atoms with Crippen molar-refractivity contribution < 1.29 is 4.74 Å². The van der Waals surface area contributed by atoms with E-state index in [0.29, 0.717) is 6.61 Å². The van der Waals surface area contributed by atoms with Gasteiger partial charge in [-0.3, -0.25) is 10.5 Å². The first-order valence-electron chi connectivity index (χ1n) is 5.93. The number of rotatable bonds is 5. The van der Waals surface area contributed by atoms with Gasteiger partial charge in [-0.1, -0.05) is 12.1 Å². The number of hydrazine groups is 1. The van der Waals surface area contributed by atoms with Crippen LogP contribution in [-0.4, -0.2) is 16.4 Å². The van der Waals surface area contributed by atoms with Crippen LogP contribution in [0.25, 0.3) is 0 Å². The van der Waals surface area contributed by atoms with Crippen LogP contribution in [0, 0.1) is 0 Å². The van der Waals surface area contributed by atoms with E-state index in [9.17, 15) is 0 Å². The summed E-state index contributed by atoms with van der Waals surface area (Å²) in [6, 6.07) is 9.69. The van der Waals surface area contributed by atoms with Gasteiger partial charge < -0.3 is 4.74 Å². The molecule has 0 aliphatic heterocycles. The van der Waals surface area contributed by atoms with Crippen molar-refractivity contribution in [2.45, 2.75) is 13.0 Å². The number of ether oxygens (including phenoxy) is 1. The summed E-state index contributed by atoms with van der Waals surface area (Å²) in [5, 5.41) is 4.36. The molecule has 1 heterocycles. The topological polar surface area (TPSA) is 65.1 Å². The van der Waals surface area contributed by atoms with E-state index in [-0.39, 0.29) is 6.04 Å². The van der Waals surface area contributed by atoms with Crippen molar-refractivity contribution in [3.8, 4) is 5.75 Å². The SMILES string of the molecule is CCOc1ccc(C(NN)c2ccn(C)n2)cc1. The highest BCUT2D eigenvalue weighted by Crippen LogP contribution is 2.22. The Morgan fingerprint density at radius 1 is 1.33 bits per heavy atom. The highest BCUT2D eigenvalue weighted by molar-refractivity contribution is 5.32. The molecule has 0 bridgehead atoms. The number of aryl methyl sites for hydroxylation is 1. The summed E-state index contributed by atoms with van der Waals surface area (Å²) in [6.07, 6.45) is 1.90. The maximum atomic E-state index is 5.61. The Morgan fingerprint density at radius 3 is 2.56 bits per heavy atom. The van der Waals surface area contributed by atoms with Gasteiger partial charge in [-0.05, 0) is 30.7 Å². The molecular formula is C13H18N4O. The van der Waals surface area contributed by atoms with Crippen LogP contribution in [0.2, 0.25) is 0 Å². The molecule has 3 N–H and O–H groups in total. The first-order valence-corrected chi connectivity index (χ1v) is 5.93. The zero-order chi connectivity index (χ0) is 13.0. The van der Waals surface area contributed by atoms with Gasteiger partial charge in [-0.2, -0.15) is 5.10 Å². The Kier molecular flexibility index (Phi) is 3.96. The van der Waals surface area contributed by atoms with Crippen molar-refractivity contribution in [1.29, 1.82) is 0 Å². The van der Waals surface area contributed by atoms with Gasteiger partial charge in [-0.25, -0.2) is 5.43 Å². The second kappa shape index (κ2) is 5.66. The molecule has 1 unspecified atom stereocenters. The van der Waals surface area contributed by atoms with Crippen molar-refractivity contribution in [3.63, 3.8) is 0 Å². The number of hydrogen-bond donors (Lipinski definition) is 2. The predicted molar refractivity (Wildman–Crippen MR) is 70.0 cm³/mol. The molecule has 2 aromatic rings. The van der Waals surface area contributed by atoms with E-state index in [1.807, 2.05) is 50.5 Å². The Balaban J connectivity index is 2.22. The number of hydrogen-bond acceptors (Lipinski definition) is 4. The standard InChI is InChI=1S/C13H18N4O/c1-3-18-11-6-4-10(5-7-11)13(15-14)12-8-9-17(2)16-12/h4-9,13,15H,3,14H2,1-2H3. The Morgan fingerprint density at radius 2 is 2.06 bits per heavy atom.